The molecule has 1 N–H and O–H groups in total. The second kappa shape index (κ2) is 9.42. The van der Waals surface area contributed by atoms with E-state index in [1.165, 1.54) is 58.3 Å². The average molecular weight is 405 g/mol. The number of carbonyl (C=O) groups excluding carboxylic acids is 2. The van der Waals surface area contributed by atoms with E-state index in [1.54, 1.807) is 0 Å². The smallest absolute Gasteiger partial charge is 0.333 e. The lowest BCUT2D eigenvalue weighted by atomic mass is 9.50. The summed E-state index contributed by atoms with van der Waals surface area (Å²) in [6.07, 6.45) is 9.44. The van der Waals surface area contributed by atoms with Crippen LogP contribution in [0, 0.1) is 23.7 Å². The van der Waals surface area contributed by atoms with Crippen molar-refractivity contribution in [3.63, 3.8) is 0 Å². The van der Waals surface area contributed by atoms with Gasteiger partial charge in [0.25, 0.3) is 0 Å². The fraction of sp³-hybridized carbons (Fsp3) is 0.609. The zero-order valence-electron chi connectivity index (χ0n) is 17.6. The summed E-state index contributed by atoms with van der Waals surface area (Å²) in [6, 6.07) is 0. The fourth-order valence-electron chi connectivity index (χ4n) is 5.14. The molecule has 0 aromatic carbocycles. The molecule has 4 aliphatic rings. The third-order valence-electron chi connectivity index (χ3n) is 6.71. The summed E-state index contributed by atoms with van der Waals surface area (Å²) in [7, 11) is 1.25. The average Bonchev–Trinajstić information content (AvgIpc) is 2.69. The molecule has 0 heterocycles. The van der Waals surface area contributed by atoms with Crippen molar-refractivity contribution in [1.82, 2.24) is 0 Å². The molecule has 4 bridgehead atoms. The molecular formula is C23H32O6. The molecule has 0 aliphatic heterocycles. The summed E-state index contributed by atoms with van der Waals surface area (Å²) >= 11 is 0. The molecular weight excluding hydrogens is 372 g/mol. The summed E-state index contributed by atoms with van der Waals surface area (Å²) in [5.74, 6) is 1.28. The van der Waals surface area contributed by atoms with Crippen LogP contribution in [0.1, 0.15) is 52.4 Å². The maximum absolute atomic E-state index is 11.5. The number of hydrogen-bond donors (Lipinski definition) is 1. The Balaban J connectivity index is 0.000000213. The van der Waals surface area contributed by atoms with Crippen LogP contribution in [0.2, 0.25) is 0 Å². The van der Waals surface area contributed by atoms with E-state index in [0.717, 1.165) is 11.8 Å². The van der Waals surface area contributed by atoms with E-state index in [4.69, 9.17) is 9.84 Å². The van der Waals surface area contributed by atoms with Gasteiger partial charge in [-0.05, 0) is 76.0 Å². The van der Waals surface area contributed by atoms with Gasteiger partial charge >= 0.3 is 17.9 Å². The molecule has 6 heteroatoms. The molecule has 4 rings (SSSR count). The van der Waals surface area contributed by atoms with Crippen molar-refractivity contribution in [1.29, 1.82) is 0 Å². The van der Waals surface area contributed by atoms with Crippen molar-refractivity contribution < 1.29 is 29.0 Å². The molecule has 0 radical (unpaired) electrons. The summed E-state index contributed by atoms with van der Waals surface area (Å²) in [5.41, 5.74) is 0.228. The van der Waals surface area contributed by atoms with Crippen LogP contribution in [0.5, 0.6) is 0 Å². The molecule has 0 saturated heterocycles. The SMILES string of the molecule is C=C(CC=C(C)C(=O)O)C(=O)OC.C=CC(=O)OC1(C)C2CC3CC(C2)CC1C3. The minimum absolute atomic E-state index is 0.185. The lowest BCUT2D eigenvalue weighted by Crippen LogP contribution is -2.57. The minimum Gasteiger partial charge on any atom is -0.478 e. The highest BCUT2D eigenvalue weighted by molar-refractivity contribution is 5.89. The Labute approximate surface area is 172 Å². The van der Waals surface area contributed by atoms with Crippen molar-refractivity contribution >= 4 is 17.9 Å². The molecule has 29 heavy (non-hydrogen) atoms. The Morgan fingerprint density at radius 2 is 1.62 bits per heavy atom. The number of esters is 2. The minimum atomic E-state index is -1.00. The van der Waals surface area contributed by atoms with E-state index in [9.17, 15) is 14.4 Å². The van der Waals surface area contributed by atoms with Crippen LogP contribution < -0.4 is 0 Å². The molecule has 4 saturated carbocycles. The fourth-order valence-corrected chi connectivity index (χ4v) is 5.14. The van der Waals surface area contributed by atoms with Gasteiger partial charge in [0.15, 0.2) is 0 Å². The zero-order chi connectivity index (χ0) is 21.8. The number of hydrogen-bond acceptors (Lipinski definition) is 5. The van der Waals surface area contributed by atoms with Crippen molar-refractivity contribution in [2.24, 2.45) is 23.7 Å². The first-order valence-corrected chi connectivity index (χ1v) is 10.1. The lowest BCUT2D eigenvalue weighted by Gasteiger charge is -2.58. The van der Waals surface area contributed by atoms with Gasteiger partial charge in [-0.2, -0.15) is 0 Å². The van der Waals surface area contributed by atoms with Crippen LogP contribution in [0.25, 0.3) is 0 Å². The zero-order valence-corrected chi connectivity index (χ0v) is 17.6. The van der Waals surface area contributed by atoms with Crippen molar-refractivity contribution in [3.05, 3.63) is 36.5 Å². The lowest BCUT2D eigenvalue weighted by molar-refractivity contribution is -0.198. The summed E-state index contributed by atoms with van der Waals surface area (Å²) in [6.45, 7) is 10.6. The van der Waals surface area contributed by atoms with Crippen LogP contribution in [-0.2, 0) is 23.9 Å². The Bertz CT molecular complexity index is 689. The normalized spacial score (nSPS) is 31.9. The van der Waals surface area contributed by atoms with Crippen LogP contribution in [0.3, 0.4) is 0 Å². The largest absolute Gasteiger partial charge is 0.478 e. The number of aliphatic carboxylic acids is 1. The Kier molecular flexibility index (Phi) is 7.44. The molecule has 4 aliphatic carbocycles. The molecule has 0 amide bonds. The first-order chi connectivity index (χ1) is 13.6. The van der Waals surface area contributed by atoms with Crippen LogP contribution >= 0.6 is 0 Å². The standard InChI is InChI=1S/C14H20O2.C9H12O4/c1-3-13(15)16-14(2)11-5-9-4-10(7-11)8-12(14)6-9;1-6(8(10)11)4-5-7(2)9(12)13-3/h3,9-12H,1,4-8H2,2H3;4H,2,5H2,1,3H3,(H,10,11). The number of allylic oxidation sites excluding steroid dienone is 1. The van der Waals surface area contributed by atoms with Gasteiger partial charge in [-0.1, -0.05) is 19.2 Å². The highest BCUT2D eigenvalue weighted by Gasteiger charge is 2.56. The highest BCUT2D eigenvalue weighted by Crippen LogP contribution is 2.59. The number of carboxylic acids is 1. The maximum Gasteiger partial charge on any atom is 0.333 e. The van der Waals surface area contributed by atoms with E-state index in [1.807, 2.05) is 0 Å². The predicted molar refractivity (Wildman–Crippen MR) is 109 cm³/mol. The maximum atomic E-state index is 11.5. The van der Waals surface area contributed by atoms with Gasteiger partial charge in [0, 0.05) is 17.2 Å². The highest BCUT2D eigenvalue weighted by atomic mass is 16.6. The van der Waals surface area contributed by atoms with Gasteiger partial charge in [0.2, 0.25) is 0 Å². The van der Waals surface area contributed by atoms with E-state index < -0.39 is 11.9 Å². The van der Waals surface area contributed by atoms with Gasteiger partial charge in [-0.15, -0.1) is 0 Å². The molecule has 0 aromatic rings. The monoisotopic (exact) mass is 404 g/mol. The van der Waals surface area contributed by atoms with Gasteiger partial charge < -0.3 is 14.6 Å². The molecule has 0 atom stereocenters. The Morgan fingerprint density at radius 1 is 1.10 bits per heavy atom. The van der Waals surface area contributed by atoms with Gasteiger partial charge in [0.1, 0.15) is 5.60 Å². The van der Waals surface area contributed by atoms with Crippen LogP contribution in [-0.4, -0.2) is 35.7 Å². The molecule has 160 valence electrons. The van der Waals surface area contributed by atoms with E-state index >= 15 is 0 Å². The summed E-state index contributed by atoms with van der Waals surface area (Å²) in [4.78, 5) is 32.6. The quantitative estimate of drug-likeness (QED) is 0.530. The van der Waals surface area contributed by atoms with Gasteiger partial charge in [-0.25, -0.2) is 14.4 Å². The molecule has 4 fully saturated rings. The summed E-state index contributed by atoms with van der Waals surface area (Å²) in [5, 5.41) is 8.48. The third kappa shape index (κ3) is 5.37. The molecule has 0 unspecified atom stereocenters. The second-order valence-corrected chi connectivity index (χ2v) is 8.61. The van der Waals surface area contributed by atoms with E-state index in [2.05, 4.69) is 24.8 Å². The molecule has 0 spiro atoms. The van der Waals surface area contributed by atoms with Crippen molar-refractivity contribution in [2.75, 3.05) is 7.11 Å². The molecule has 0 aromatic heterocycles. The first kappa shape index (κ1) is 22.9. The number of rotatable bonds is 6. The second-order valence-electron chi connectivity index (χ2n) is 8.61. The third-order valence-corrected chi connectivity index (χ3v) is 6.71. The number of carboxylic acid groups (broad SMARTS) is 1. The van der Waals surface area contributed by atoms with Crippen LogP contribution in [0.4, 0.5) is 0 Å². The van der Waals surface area contributed by atoms with Crippen molar-refractivity contribution in [3.8, 4) is 0 Å². The molecule has 6 nitrogen and oxygen atoms in total. The predicted octanol–water partition coefficient (Wildman–Crippen LogP) is 4.07. The van der Waals surface area contributed by atoms with Crippen molar-refractivity contribution in [2.45, 2.75) is 58.0 Å². The van der Waals surface area contributed by atoms with Gasteiger partial charge in [-0.3, -0.25) is 0 Å². The number of ether oxygens (including phenoxy) is 2. The van der Waals surface area contributed by atoms with E-state index in [-0.39, 0.29) is 29.1 Å². The number of carbonyl (C=O) groups is 3. The Morgan fingerprint density at radius 3 is 2.03 bits per heavy atom. The first-order valence-electron chi connectivity index (χ1n) is 10.1. The topological polar surface area (TPSA) is 89.9 Å². The summed E-state index contributed by atoms with van der Waals surface area (Å²) < 4.78 is 10.1. The van der Waals surface area contributed by atoms with Gasteiger partial charge in [0.05, 0.1) is 7.11 Å². The number of methoxy groups -OCH3 is 1. The van der Waals surface area contributed by atoms with E-state index in [0.29, 0.717) is 11.8 Å². The Hall–Kier alpha value is -2.37. The van der Waals surface area contributed by atoms with Crippen LogP contribution in [0.15, 0.2) is 36.5 Å².